The van der Waals surface area contributed by atoms with Gasteiger partial charge in [0.05, 0.1) is 21.5 Å². The summed E-state index contributed by atoms with van der Waals surface area (Å²) in [5.41, 5.74) is 0.686. The maximum atomic E-state index is 13.2. The average Bonchev–Trinajstić information content (AvgIpc) is 3.32. The molecule has 1 aromatic heterocycles. The Bertz CT molecular complexity index is 947. The molecule has 4 rings (SSSR count). The third-order valence-corrected chi connectivity index (χ3v) is 6.66. The van der Waals surface area contributed by atoms with Gasteiger partial charge in [-0.1, -0.05) is 43.0 Å². The van der Waals surface area contributed by atoms with Crippen LogP contribution in [-0.4, -0.2) is 32.8 Å². The highest BCUT2D eigenvalue weighted by Crippen LogP contribution is 2.44. The molecular formula is C21H20ClNO4S. The zero-order valence-corrected chi connectivity index (χ0v) is 16.7. The minimum absolute atomic E-state index is 0.0467. The van der Waals surface area contributed by atoms with Crippen LogP contribution in [0.15, 0.2) is 47.0 Å². The zero-order chi connectivity index (χ0) is 19.8. The Balaban J connectivity index is 1.83. The van der Waals surface area contributed by atoms with Crippen molar-refractivity contribution >= 4 is 34.6 Å². The molecule has 1 amide bonds. The molecule has 1 unspecified atom stereocenters. The third kappa shape index (κ3) is 3.20. The van der Waals surface area contributed by atoms with Crippen molar-refractivity contribution in [2.24, 2.45) is 0 Å². The molecule has 7 heteroatoms. The monoisotopic (exact) mass is 417 g/mol. The number of benzene rings is 1. The van der Waals surface area contributed by atoms with Gasteiger partial charge in [0.25, 0.3) is 5.91 Å². The molecule has 2 heterocycles. The molecule has 0 spiro atoms. The summed E-state index contributed by atoms with van der Waals surface area (Å²) in [7, 11) is 0. The molecule has 0 radical (unpaired) electrons. The number of phenols is 1. The number of aliphatic hydroxyl groups is 1. The van der Waals surface area contributed by atoms with Crippen LogP contribution in [0, 0.1) is 0 Å². The smallest absolute Gasteiger partial charge is 0.290 e. The fraction of sp³-hybridized carbons (Fsp3) is 0.333. The Morgan fingerprint density at radius 3 is 2.54 bits per heavy atom. The van der Waals surface area contributed by atoms with Crippen LogP contribution in [0.25, 0.3) is 0 Å². The second kappa shape index (κ2) is 7.60. The van der Waals surface area contributed by atoms with Crippen LogP contribution in [0.1, 0.15) is 53.4 Å². The summed E-state index contributed by atoms with van der Waals surface area (Å²) in [6.07, 6.45) is 4.80. The molecule has 1 aromatic carbocycles. The van der Waals surface area contributed by atoms with Crippen molar-refractivity contribution in [3.63, 3.8) is 0 Å². The molecule has 2 aromatic rings. The first-order valence-corrected chi connectivity index (χ1v) is 10.6. The second-order valence-corrected chi connectivity index (χ2v) is 8.54. The molecule has 1 aliphatic carbocycles. The van der Waals surface area contributed by atoms with Gasteiger partial charge < -0.3 is 15.1 Å². The highest BCUT2D eigenvalue weighted by molar-refractivity contribution is 7.12. The van der Waals surface area contributed by atoms with Crippen molar-refractivity contribution in [3.8, 4) is 5.75 Å². The number of amides is 1. The van der Waals surface area contributed by atoms with E-state index in [-0.39, 0.29) is 28.2 Å². The zero-order valence-electron chi connectivity index (χ0n) is 15.1. The number of halogens is 1. The van der Waals surface area contributed by atoms with Crippen LogP contribution in [0.5, 0.6) is 5.75 Å². The third-order valence-electron chi connectivity index (χ3n) is 5.49. The summed E-state index contributed by atoms with van der Waals surface area (Å²) in [6, 6.07) is 7.33. The van der Waals surface area contributed by atoms with E-state index in [1.165, 1.54) is 17.4 Å². The van der Waals surface area contributed by atoms with Crippen molar-refractivity contribution < 1.29 is 19.8 Å². The number of Topliss-reactive ketones (excluding diaryl/α,β-unsaturated/α-hetero) is 1. The molecule has 2 N–H and O–H groups in total. The van der Waals surface area contributed by atoms with Gasteiger partial charge in [-0.25, -0.2) is 0 Å². The van der Waals surface area contributed by atoms with Gasteiger partial charge in [0.1, 0.15) is 5.75 Å². The van der Waals surface area contributed by atoms with Gasteiger partial charge in [-0.3, -0.25) is 9.59 Å². The number of rotatable bonds is 4. The molecule has 1 aliphatic heterocycles. The SMILES string of the molecule is O=C(C1=C(O)C(=O)N(C2CCCCC2)C1c1ccc(O)c(Cl)c1)c1cccs1. The normalized spacial score (nSPS) is 20.8. The maximum Gasteiger partial charge on any atom is 0.290 e. The van der Waals surface area contributed by atoms with E-state index in [2.05, 4.69) is 0 Å². The first kappa shape index (κ1) is 19.0. The predicted octanol–water partition coefficient (Wildman–Crippen LogP) is 5.02. The number of phenolic OH excluding ortho intramolecular Hbond substituents is 1. The molecule has 0 bridgehead atoms. The number of hydrogen-bond acceptors (Lipinski definition) is 5. The van der Waals surface area contributed by atoms with Gasteiger partial charge in [0, 0.05) is 6.04 Å². The number of hydrogen-bond donors (Lipinski definition) is 2. The van der Waals surface area contributed by atoms with Crippen LogP contribution < -0.4 is 0 Å². The van der Waals surface area contributed by atoms with Crippen molar-refractivity contribution in [2.75, 3.05) is 0 Å². The molecule has 1 atom stereocenters. The van der Waals surface area contributed by atoms with Gasteiger partial charge in [0.15, 0.2) is 5.76 Å². The fourth-order valence-corrected chi connectivity index (χ4v) is 5.02. The lowest BCUT2D eigenvalue weighted by molar-refractivity contribution is -0.132. The van der Waals surface area contributed by atoms with Crippen molar-refractivity contribution in [1.82, 2.24) is 4.90 Å². The highest BCUT2D eigenvalue weighted by atomic mass is 35.5. The molecule has 146 valence electrons. The van der Waals surface area contributed by atoms with Crippen LogP contribution in [0.3, 0.4) is 0 Å². The predicted molar refractivity (Wildman–Crippen MR) is 108 cm³/mol. The lowest BCUT2D eigenvalue weighted by atomic mass is 9.90. The Morgan fingerprint density at radius 1 is 1.14 bits per heavy atom. The molecule has 28 heavy (non-hydrogen) atoms. The van der Waals surface area contributed by atoms with E-state index < -0.39 is 17.7 Å². The Morgan fingerprint density at radius 2 is 1.89 bits per heavy atom. The molecule has 2 aliphatic rings. The highest BCUT2D eigenvalue weighted by Gasteiger charge is 2.47. The van der Waals surface area contributed by atoms with E-state index in [1.807, 2.05) is 0 Å². The minimum atomic E-state index is -0.719. The molecule has 0 saturated heterocycles. The van der Waals surface area contributed by atoms with Crippen LogP contribution in [0.2, 0.25) is 5.02 Å². The van der Waals surface area contributed by atoms with Crippen molar-refractivity contribution in [3.05, 3.63) is 62.5 Å². The molecule has 1 saturated carbocycles. The van der Waals surface area contributed by atoms with Gasteiger partial charge in [-0.05, 0) is 42.0 Å². The Hall–Kier alpha value is -2.31. The molecule has 1 fully saturated rings. The lowest BCUT2D eigenvalue weighted by Gasteiger charge is -2.36. The number of aromatic hydroxyl groups is 1. The van der Waals surface area contributed by atoms with Gasteiger partial charge in [-0.15, -0.1) is 11.3 Å². The number of ketones is 1. The van der Waals surface area contributed by atoms with E-state index in [4.69, 9.17) is 11.6 Å². The van der Waals surface area contributed by atoms with Crippen molar-refractivity contribution in [2.45, 2.75) is 44.2 Å². The summed E-state index contributed by atoms with van der Waals surface area (Å²) < 4.78 is 0. The number of carbonyl (C=O) groups is 2. The van der Waals surface area contributed by atoms with E-state index in [0.29, 0.717) is 10.4 Å². The van der Waals surface area contributed by atoms with Gasteiger partial charge >= 0.3 is 0 Å². The summed E-state index contributed by atoms with van der Waals surface area (Å²) in [6.45, 7) is 0. The minimum Gasteiger partial charge on any atom is -0.506 e. The van der Waals surface area contributed by atoms with Gasteiger partial charge in [0.2, 0.25) is 5.78 Å². The van der Waals surface area contributed by atoms with E-state index in [0.717, 1.165) is 32.1 Å². The first-order chi connectivity index (χ1) is 13.5. The number of aliphatic hydroxyl groups excluding tert-OH is 1. The van der Waals surface area contributed by atoms with Crippen LogP contribution in [-0.2, 0) is 4.79 Å². The number of thiophene rings is 1. The number of nitrogens with zero attached hydrogens (tertiary/aromatic N) is 1. The first-order valence-electron chi connectivity index (χ1n) is 9.31. The number of carbonyl (C=O) groups excluding carboxylic acids is 2. The lowest BCUT2D eigenvalue weighted by Crippen LogP contribution is -2.41. The Kier molecular flexibility index (Phi) is 5.17. The van der Waals surface area contributed by atoms with Crippen LogP contribution >= 0.6 is 22.9 Å². The van der Waals surface area contributed by atoms with Crippen molar-refractivity contribution in [1.29, 1.82) is 0 Å². The fourth-order valence-electron chi connectivity index (χ4n) is 4.15. The molecule has 5 nitrogen and oxygen atoms in total. The quantitative estimate of drug-likeness (QED) is 0.685. The van der Waals surface area contributed by atoms with E-state index in [9.17, 15) is 19.8 Å². The standard InChI is InChI=1S/C21H20ClNO4S/c22-14-11-12(8-9-15(14)24)18-17(19(25)16-7-4-10-28-16)20(26)21(27)23(18)13-5-2-1-3-6-13/h4,7-11,13,18,24,26H,1-3,5-6H2. The molecular weight excluding hydrogens is 398 g/mol. The van der Waals surface area contributed by atoms with E-state index in [1.54, 1.807) is 34.5 Å². The second-order valence-electron chi connectivity index (χ2n) is 7.19. The summed E-state index contributed by atoms with van der Waals surface area (Å²) in [5.74, 6) is -1.43. The Labute approximate surface area is 171 Å². The average molecular weight is 418 g/mol. The summed E-state index contributed by atoms with van der Waals surface area (Å²) >= 11 is 7.38. The van der Waals surface area contributed by atoms with Crippen LogP contribution in [0.4, 0.5) is 0 Å². The summed E-state index contributed by atoms with van der Waals surface area (Å²) in [4.78, 5) is 28.3. The maximum absolute atomic E-state index is 13.2. The topological polar surface area (TPSA) is 77.8 Å². The van der Waals surface area contributed by atoms with E-state index >= 15 is 0 Å². The summed E-state index contributed by atoms with van der Waals surface area (Å²) in [5, 5.41) is 22.4. The van der Waals surface area contributed by atoms with Gasteiger partial charge in [-0.2, -0.15) is 0 Å². The largest absolute Gasteiger partial charge is 0.506 e.